The molecule has 0 spiro atoms. The van der Waals surface area contributed by atoms with E-state index in [2.05, 4.69) is 53.0 Å². The summed E-state index contributed by atoms with van der Waals surface area (Å²) in [7, 11) is 0. The summed E-state index contributed by atoms with van der Waals surface area (Å²) >= 11 is 4.32. The molecule has 0 aliphatic heterocycles. The van der Waals surface area contributed by atoms with Gasteiger partial charge in [-0.25, -0.2) is 0 Å². The zero-order valence-electron chi connectivity index (χ0n) is 41.0. The van der Waals surface area contributed by atoms with Crippen LogP contribution in [-0.2, 0) is 15.7 Å². The molecule has 0 bridgehead atoms. The van der Waals surface area contributed by atoms with Gasteiger partial charge in [-0.1, -0.05) is 13.8 Å². The van der Waals surface area contributed by atoms with Crippen molar-refractivity contribution in [1.82, 2.24) is 0 Å². The van der Waals surface area contributed by atoms with Crippen LogP contribution in [0.3, 0.4) is 0 Å². The van der Waals surface area contributed by atoms with Crippen LogP contribution in [0.5, 0.6) is 0 Å². The molecule has 0 aromatic rings. The van der Waals surface area contributed by atoms with Gasteiger partial charge >= 0.3 is 385 Å². The van der Waals surface area contributed by atoms with Crippen molar-refractivity contribution < 1.29 is 26.0 Å². The van der Waals surface area contributed by atoms with Crippen LogP contribution in [0.15, 0.2) is 0 Å². The SMILES string of the molecule is CCCCCCCCCCC[CH2][Sn]([CH2]CCCCCCCCCCC)([O]C(=O)C(O)(CCS)CCCCCCCCCC)[O]C(=O)C(O)(CCS)CCCCCCCCCC. The number of carbonyl (C=O) groups is 2. The molecule has 0 radical (unpaired) electrons. The average molecular weight is 1010 g/mol. The van der Waals surface area contributed by atoms with E-state index in [-0.39, 0.29) is 12.8 Å². The third-order valence-electron chi connectivity index (χ3n) is 13.1. The van der Waals surface area contributed by atoms with Crippen LogP contribution in [0.4, 0.5) is 0 Å². The predicted molar refractivity (Wildman–Crippen MR) is 273 cm³/mol. The minimum Gasteiger partial charge on any atom is -0.0654 e. The van der Waals surface area contributed by atoms with Crippen molar-refractivity contribution in [3.8, 4) is 0 Å². The Morgan fingerprint density at radius 2 is 0.574 bits per heavy atom. The Bertz CT molecular complexity index is 912. The fraction of sp³-hybridized carbons (Fsp3) is 0.962. The summed E-state index contributed by atoms with van der Waals surface area (Å²) in [4.78, 5) is 28.9. The number of carbonyl (C=O) groups excluding carboxylic acids is 2. The molecule has 0 aromatic heterocycles. The maximum atomic E-state index is 14.4. The van der Waals surface area contributed by atoms with E-state index in [1.165, 1.54) is 154 Å². The summed E-state index contributed by atoms with van der Waals surface area (Å²) in [6.45, 7) is 8.98. The second-order valence-electron chi connectivity index (χ2n) is 19.0. The van der Waals surface area contributed by atoms with Gasteiger partial charge in [0.15, 0.2) is 0 Å². The number of hydrogen-bond donors (Lipinski definition) is 4. The standard InChI is InChI=1S/2C14H28O3S.2C12H25.Sn/c2*1-2-3-4-5-6-7-8-9-10-14(17,11-12-18)13(15)16;2*1-3-5-7-9-11-12-10-8-6-4-2;/h2*17-18H,2-12H2,1H3,(H,15,16);2*1,3-12H2,2H3;/q;;;;+2/p-2. The molecule has 2 unspecified atom stereocenters. The van der Waals surface area contributed by atoms with Gasteiger partial charge in [0.2, 0.25) is 0 Å². The Balaban J connectivity index is 6.23. The topological polar surface area (TPSA) is 93.1 Å². The first kappa shape index (κ1) is 61.4. The monoisotopic (exact) mass is 1010 g/mol. The molecule has 0 aliphatic rings. The normalized spacial score (nSPS) is 13.9. The van der Waals surface area contributed by atoms with Gasteiger partial charge in [0, 0.05) is 0 Å². The van der Waals surface area contributed by atoms with Crippen molar-refractivity contribution >= 4 is 56.4 Å². The zero-order chi connectivity index (χ0) is 45.2. The molecule has 0 fully saturated rings. The molecule has 2 atom stereocenters. The second kappa shape index (κ2) is 43.0. The molecule has 0 amide bonds. The van der Waals surface area contributed by atoms with Crippen molar-refractivity contribution in [3.05, 3.63) is 0 Å². The third kappa shape index (κ3) is 33.5. The quantitative estimate of drug-likeness (QED) is 0.0276. The third-order valence-corrected chi connectivity index (χ3v) is 23.1. The smallest absolute Gasteiger partial charge is 0.0654 e. The minimum absolute atomic E-state index is 0.208. The summed E-state index contributed by atoms with van der Waals surface area (Å²) in [5, 5.41) is 24.1. The molecule has 2 N–H and O–H groups in total. The molecule has 6 nitrogen and oxygen atoms in total. The van der Waals surface area contributed by atoms with E-state index in [1.54, 1.807) is 0 Å². The molecular weight excluding hydrogens is 903 g/mol. The molecule has 0 aromatic carbocycles. The van der Waals surface area contributed by atoms with Crippen LogP contribution in [-0.4, -0.2) is 64.1 Å². The second-order valence-corrected chi connectivity index (χ2v) is 29.1. The number of aliphatic hydroxyl groups is 2. The molecule has 0 saturated heterocycles. The van der Waals surface area contributed by atoms with E-state index in [9.17, 15) is 19.8 Å². The summed E-state index contributed by atoms with van der Waals surface area (Å²) in [6.07, 6.45) is 42.7. The summed E-state index contributed by atoms with van der Waals surface area (Å²) in [5.41, 5.74) is -3.32. The number of thiol groups is 2. The van der Waals surface area contributed by atoms with Crippen molar-refractivity contribution in [2.75, 3.05) is 11.5 Å². The van der Waals surface area contributed by atoms with Crippen molar-refractivity contribution in [2.24, 2.45) is 0 Å². The van der Waals surface area contributed by atoms with E-state index in [0.29, 0.717) is 33.2 Å². The summed E-state index contributed by atoms with van der Waals surface area (Å²) < 4.78 is 14.5. The number of unbranched alkanes of at least 4 members (excludes halogenated alkanes) is 32. The van der Waals surface area contributed by atoms with Gasteiger partial charge in [-0.05, 0) is 0 Å². The van der Waals surface area contributed by atoms with Gasteiger partial charge in [0.1, 0.15) is 0 Å². The van der Waals surface area contributed by atoms with Crippen LogP contribution in [0.2, 0.25) is 8.87 Å². The summed E-state index contributed by atoms with van der Waals surface area (Å²) in [5.74, 6) is -0.509. The van der Waals surface area contributed by atoms with Gasteiger partial charge in [0.05, 0.1) is 0 Å². The first-order valence-electron chi connectivity index (χ1n) is 26.8. The fourth-order valence-electron chi connectivity index (χ4n) is 8.77. The Labute approximate surface area is 396 Å². The van der Waals surface area contributed by atoms with Crippen LogP contribution in [0.25, 0.3) is 0 Å². The predicted octanol–water partition coefficient (Wildman–Crippen LogP) is 16.5. The molecule has 0 aliphatic carbocycles. The Morgan fingerprint density at radius 1 is 0.361 bits per heavy atom. The van der Waals surface area contributed by atoms with E-state index in [1.807, 2.05) is 0 Å². The Hall–Kier alpha value is 0.359. The van der Waals surface area contributed by atoms with Crippen LogP contribution in [0, 0.1) is 0 Å². The first-order valence-corrected chi connectivity index (χ1v) is 34.4. The van der Waals surface area contributed by atoms with Gasteiger partial charge in [-0.3, -0.25) is 0 Å². The van der Waals surface area contributed by atoms with E-state index in [4.69, 9.17) is 6.15 Å². The van der Waals surface area contributed by atoms with E-state index < -0.39 is 42.3 Å². The van der Waals surface area contributed by atoms with E-state index >= 15 is 0 Å². The molecule has 364 valence electrons. The van der Waals surface area contributed by atoms with Crippen molar-refractivity contribution in [2.45, 2.75) is 305 Å². The van der Waals surface area contributed by atoms with Gasteiger partial charge in [0.25, 0.3) is 0 Å². The van der Waals surface area contributed by atoms with Crippen LogP contribution < -0.4 is 0 Å². The molecular formula is C52H104O6S2Sn. The van der Waals surface area contributed by atoms with Crippen LogP contribution >= 0.6 is 25.3 Å². The van der Waals surface area contributed by atoms with Gasteiger partial charge < -0.3 is 0 Å². The number of hydrogen-bond acceptors (Lipinski definition) is 8. The summed E-state index contributed by atoms with van der Waals surface area (Å²) in [6, 6.07) is 0. The number of rotatable bonds is 48. The van der Waals surface area contributed by atoms with Crippen LogP contribution in [0.1, 0.15) is 285 Å². The van der Waals surface area contributed by atoms with Crippen molar-refractivity contribution in [1.29, 1.82) is 0 Å². The molecule has 0 saturated carbocycles. The van der Waals surface area contributed by atoms with E-state index in [0.717, 1.165) is 77.0 Å². The molecule has 0 rings (SSSR count). The first-order chi connectivity index (χ1) is 29.6. The maximum absolute atomic E-state index is 14.4. The van der Waals surface area contributed by atoms with Crippen molar-refractivity contribution in [3.63, 3.8) is 0 Å². The molecule has 61 heavy (non-hydrogen) atoms. The fourth-order valence-corrected chi connectivity index (χ4v) is 19.0. The minimum atomic E-state index is -4.64. The average Bonchev–Trinajstić information content (AvgIpc) is 3.24. The van der Waals surface area contributed by atoms with Gasteiger partial charge in [-0.15, -0.1) is 0 Å². The molecule has 0 heterocycles. The molecule has 9 heteroatoms. The zero-order valence-corrected chi connectivity index (χ0v) is 45.7. The van der Waals surface area contributed by atoms with Gasteiger partial charge in [-0.2, -0.15) is 0 Å². The Morgan fingerprint density at radius 3 is 0.803 bits per heavy atom. The Kier molecular flexibility index (Phi) is 43.2.